The number of amidine groups is 1. The van der Waals surface area contributed by atoms with E-state index >= 15 is 0 Å². The number of hydrogen-bond acceptors (Lipinski definition) is 1. The van der Waals surface area contributed by atoms with E-state index in [4.69, 9.17) is 0 Å². The molecule has 0 bridgehead atoms. The lowest BCUT2D eigenvalue weighted by atomic mass is 10.1. The minimum Gasteiger partial charge on any atom is -0.266 e. The van der Waals surface area contributed by atoms with Crippen LogP contribution in [0.3, 0.4) is 0 Å². The second kappa shape index (κ2) is 3.92. The Morgan fingerprint density at radius 3 is 2.67 bits per heavy atom. The van der Waals surface area contributed by atoms with Gasteiger partial charge >= 0.3 is 0 Å². The molecular weight excluding hydrogens is 148 g/mol. The Balaban J connectivity index is 2.81. The summed E-state index contributed by atoms with van der Waals surface area (Å²) < 4.78 is 2.46. The van der Waals surface area contributed by atoms with Crippen molar-refractivity contribution in [2.45, 2.75) is 40.2 Å². The van der Waals surface area contributed by atoms with Gasteiger partial charge in [0.05, 0.1) is 25.7 Å². The molecule has 1 heterocycles. The highest BCUT2D eigenvalue weighted by Gasteiger charge is 2.27. The maximum Gasteiger partial charge on any atom is 0.243 e. The normalized spacial score (nSPS) is 25.0. The van der Waals surface area contributed by atoms with Crippen molar-refractivity contribution in [3.63, 3.8) is 0 Å². The third kappa shape index (κ3) is 1.62. The highest BCUT2D eigenvalue weighted by atomic mass is 15.3. The molecule has 12 heavy (non-hydrogen) atoms. The van der Waals surface area contributed by atoms with Crippen LogP contribution in [0.1, 0.15) is 34.1 Å². The van der Waals surface area contributed by atoms with E-state index in [-0.39, 0.29) is 0 Å². The summed E-state index contributed by atoms with van der Waals surface area (Å²) in [5.74, 6) is 1.46. The van der Waals surface area contributed by atoms with E-state index in [9.17, 15) is 0 Å². The van der Waals surface area contributed by atoms with E-state index in [1.165, 1.54) is 18.8 Å². The van der Waals surface area contributed by atoms with Gasteiger partial charge in [-0.1, -0.05) is 0 Å². The summed E-state index contributed by atoms with van der Waals surface area (Å²) in [5, 5.41) is 0. The van der Waals surface area contributed by atoms with Crippen LogP contribution in [-0.2, 0) is 0 Å². The molecule has 0 aromatic heterocycles. The van der Waals surface area contributed by atoms with Gasteiger partial charge in [0.15, 0.2) is 0 Å². The van der Waals surface area contributed by atoms with Crippen LogP contribution in [0.4, 0.5) is 0 Å². The van der Waals surface area contributed by atoms with Gasteiger partial charge in [0, 0.05) is 13.3 Å². The van der Waals surface area contributed by atoms with Gasteiger partial charge in [-0.25, -0.2) is 0 Å². The summed E-state index contributed by atoms with van der Waals surface area (Å²) in [7, 11) is 0. The molecule has 0 saturated carbocycles. The standard InChI is InChI=1S/C10H21N2/c1-5-11-8-7-9(3)12(6-2)10(11)4/h9H,5-8H2,1-4H3/q+1. The quantitative estimate of drug-likeness (QED) is 0.568. The molecule has 1 unspecified atom stereocenters. The number of hydrogen-bond donors (Lipinski definition) is 0. The molecule has 0 amide bonds. The zero-order chi connectivity index (χ0) is 9.14. The summed E-state index contributed by atoms with van der Waals surface area (Å²) in [6.07, 6.45) is 1.30. The molecule has 2 nitrogen and oxygen atoms in total. The molecule has 2 heteroatoms. The van der Waals surface area contributed by atoms with Crippen molar-refractivity contribution in [3.05, 3.63) is 0 Å². The maximum atomic E-state index is 2.49. The van der Waals surface area contributed by atoms with Crippen molar-refractivity contribution in [3.8, 4) is 0 Å². The van der Waals surface area contributed by atoms with E-state index in [2.05, 4.69) is 37.2 Å². The molecule has 0 fully saturated rings. The zero-order valence-electron chi connectivity index (χ0n) is 8.80. The average molecular weight is 169 g/mol. The minimum atomic E-state index is 0.734. The number of nitrogens with zero attached hydrogens (tertiary/aromatic N) is 2. The van der Waals surface area contributed by atoms with Crippen molar-refractivity contribution < 1.29 is 4.58 Å². The van der Waals surface area contributed by atoms with E-state index in [0.717, 1.165) is 19.1 Å². The smallest absolute Gasteiger partial charge is 0.243 e. The van der Waals surface area contributed by atoms with Gasteiger partial charge in [-0.15, -0.1) is 0 Å². The van der Waals surface area contributed by atoms with Gasteiger partial charge in [0.25, 0.3) is 0 Å². The average Bonchev–Trinajstić information content (AvgIpc) is 2.06. The van der Waals surface area contributed by atoms with E-state index in [1.807, 2.05) is 0 Å². The molecule has 0 radical (unpaired) electrons. The lowest BCUT2D eigenvalue weighted by Gasteiger charge is -2.29. The van der Waals surface area contributed by atoms with E-state index in [1.54, 1.807) is 0 Å². The summed E-state index contributed by atoms with van der Waals surface area (Å²) >= 11 is 0. The summed E-state index contributed by atoms with van der Waals surface area (Å²) in [5.41, 5.74) is 0. The van der Waals surface area contributed by atoms with Crippen LogP contribution in [0.15, 0.2) is 0 Å². The van der Waals surface area contributed by atoms with Crippen molar-refractivity contribution in [1.82, 2.24) is 4.90 Å². The first-order chi connectivity index (χ1) is 5.70. The molecule has 70 valence electrons. The van der Waals surface area contributed by atoms with Crippen LogP contribution in [0.5, 0.6) is 0 Å². The lowest BCUT2D eigenvalue weighted by molar-refractivity contribution is -0.537. The van der Waals surface area contributed by atoms with Crippen LogP contribution in [0.2, 0.25) is 0 Å². The first kappa shape index (κ1) is 9.56. The van der Waals surface area contributed by atoms with Crippen LogP contribution in [-0.4, -0.2) is 41.0 Å². The molecule has 1 atom stereocenters. The fraction of sp³-hybridized carbons (Fsp3) is 0.900. The fourth-order valence-corrected chi connectivity index (χ4v) is 2.09. The Morgan fingerprint density at radius 2 is 2.17 bits per heavy atom. The predicted molar refractivity (Wildman–Crippen MR) is 52.8 cm³/mol. The van der Waals surface area contributed by atoms with Crippen molar-refractivity contribution in [2.75, 3.05) is 19.6 Å². The van der Waals surface area contributed by atoms with Gasteiger partial charge in [-0.3, -0.25) is 9.48 Å². The second-order valence-corrected chi connectivity index (χ2v) is 3.55. The first-order valence-electron chi connectivity index (χ1n) is 5.05. The van der Waals surface area contributed by atoms with Gasteiger partial charge in [-0.2, -0.15) is 0 Å². The van der Waals surface area contributed by atoms with Crippen LogP contribution in [0, 0.1) is 0 Å². The van der Waals surface area contributed by atoms with Crippen molar-refractivity contribution >= 4 is 5.84 Å². The van der Waals surface area contributed by atoms with E-state index < -0.39 is 0 Å². The summed E-state index contributed by atoms with van der Waals surface area (Å²) in [6.45, 7) is 12.5. The van der Waals surface area contributed by atoms with Crippen molar-refractivity contribution in [2.24, 2.45) is 0 Å². The molecule has 0 aromatic carbocycles. The Hall–Kier alpha value is -0.530. The lowest BCUT2D eigenvalue weighted by Crippen LogP contribution is -2.47. The van der Waals surface area contributed by atoms with Gasteiger partial charge in [-0.05, 0) is 20.8 Å². The molecule has 1 aliphatic heterocycles. The Morgan fingerprint density at radius 1 is 1.50 bits per heavy atom. The SMILES string of the molecule is CCN1C(C)=[N+](CC)CCC1C. The summed E-state index contributed by atoms with van der Waals surface area (Å²) in [4.78, 5) is 2.49. The zero-order valence-corrected chi connectivity index (χ0v) is 8.80. The fourth-order valence-electron chi connectivity index (χ4n) is 2.09. The van der Waals surface area contributed by atoms with Gasteiger partial charge in [0.1, 0.15) is 0 Å². The highest BCUT2D eigenvalue weighted by Crippen LogP contribution is 2.10. The van der Waals surface area contributed by atoms with Gasteiger partial charge in [0.2, 0.25) is 5.84 Å². The van der Waals surface area contributed by atoms with Crippen molar-refractivity contribution in [1.29, 1.82) is 0 Å². The first-order valence-corrected chi connectivity index (χ1v) is 5.05. The Bertz CT molecular complexity index is 184. The Kier molecular flexibility index (Phi) is 3.12. The maximum absolute atomic E-state index is 2.49. The largest absolute Gasteiger partial charge is 0.266 e. The predicted octanol–water partition coefficient (Wildman–Crippen LogP) is 1.55. The van der Waals surface area contributed by atoms with Crippen LogP contribution < -0.4 is 0 Å². The van der Waals surface area contributed by atoms with Crippen LogP contribution >= 0.6 is 0 Å². The highest BCUT2D eigenvalue weighted by molar-refractivity contribution is 5.75. The molecule has 1 rings (SSSR count). The molecule has 0 saturated heterocycles. The number of rotatable bonds is 2. The second-order valence-electron chi connectivity index (χ2n) is 3.55. The Labute approximate surface area is 75.9 Å². The molecule has 0 aromatic rings. The third-order valence-corrected chi connectivity index (χ3v) is 2.94. The van der Waals surface area contributed by atoms with E-state index in [0.29, 0.717) is 0 Å². The minimum absolute atomic E-state index is 0.734. The molecule has 0 spiro atoms. The molecular formula is C10H21N2+. The molecule has 1 aliphatic rings. The molecule has 0 aliphatic carbocycles. The molecule has 0 N–H and O–H groups in total. The van der Waals surface area contributed by atoms with Crippen LogP contribution in [0.25, 0.3) is 0 Å². The monoisotopic (exact) mass is 169 g/mol. The topological polar surface area (TPSA) is 6.25 Å². The third-order valence-electron chi connectivity index (χ3n) is 2.94. The van der Waals surface area contributed by atoms with Gasteiger partial charge < -0.3 is 0 Å². The summed E-state index contributed by atoms with van der Waals surface area (Å²) in [6, 6.07) is 0.734.